The van der Waals surface area contributed by atoms with Crippen LogP contribution in [-0.4, -0.2) is 37.7 Å². The number of rotatable bonds is 8. The van der Waals surface area contributed by atoms with Gasteiger partial charge in [0.1, 0.15) is 17.4 Å². The number of hydrogen-bond donors (Lipinski definition) is 1. The number of carbonyl (C=O) groups excluding carboxylic acids is 3. The van der Waals surface area contributed by atoms with Crippen molar-refractivity contribution in [1.82, 2.24) is 5.32 Å². The Kier molecular flexibility index (Phi) is 6.15. The van der Waals surface area contributed by atoms with Gasteiger partial charge in [-0.05, 0) is 97.7 Å². The molecule has 4 aliphatic carbocycles. The number of hydrogen-bond acceptors (Lipinski definition) is 5. The van der Waals surface area contributed by atoms with Crippen LogP contribution in [0.2, 0.25) is 0 Å². The normalized spacial score (nSPS) is 27.6. The summed E-state index contributed by atoms with van der Waals surface area (Å²) in [6.45, 7) is 0. The van der Waals surface area contributed by atoms with E-state index < -0.39 is 23.4 Å². The van der Waals surface area contributed by atoms with E-state index in [-0.39, 0.29) is 6.04 Å². The molecule has 1 atom stereocenters. The zero-order valence-electron chi connectivity index (χ0n) is 19.7. The van der Waals surface area contributed by atoms with Crippen LogP contribution in [0.15, 0.2) is 48.5 Å². The Balaban J connectivity index is 1.39. The van der Waals surface area contributed by atoms with Gasteiger partial charge in [-0.25, -0.2) is 0 Å². The Morgan fingerprint density at radius 2 is 1.26 bits per heavy atom. The highest BCUT2D eigenvalue weighted by atomic mass is 16.5. The summed E-state index contributed by atoms with van der Waals surface area (Å²) in [6.07, 6.45) is 5.87. The number of ketones is 2. The Hall–Kier alpha value is -3.15. The highest BCUT2D eigenvalue weighted by Crippen LogP contribution is 2.53. The maximum atomic E-state index is 13.5. The summed E-state index contributed by atoms with van der Waals surface area (Å²) in [4.78, 5) is 40.3. The van der Waals surface area contributed by atoms with Crippen LogP contribution >= 0.6 is 0 Å². The lowest BCUT2D eigenvalue weighted by Gasteiger charge is -2.54. The van der Waals surface area contributed by atoms with Crippen molar-refractivity contribution >= 4 is 17.5 Å². The molecule has 4 fully saturated rings. The van der Waals surface area contributed by atoms with Gasteiger partial charge in [-0.15, -0.1) is 0 Å². The summed E-state index contributed by atoms with van der Waals surface area (Å²) in [5.41, 5.74) is 0.837. The van der Waals surface area contributed by atoms with Gasteiger partial charge in [-0.3, -0.25) is 14.4 Å². The Labute approximate surface area is 200 Å². The average molecular weight is 462 g/mol. The van der Waals surface area contributed by atoms with Crippen LogP contribution in [0.1, 0.15) is 53.9 Å². The van der Waals surface area contributed by atoms with Crippen LogP contribution in [0, 0.1) is 23.7 Å². The van der Waals surface area contributed by atoms with Gasteiger partial charge in [0, 0.05) is 11.6 Å². The molecule has 178 valence electrons. The van der Waals surface area contributed by atoms with E-state index in [4.69, 9.17) is 9.47 Å². The van der Waals surface area contributed by atoms with Crippen LogP contribution in [0.4, 0.5) is 0 Å². The number of methoxy groups -OCH3 is 2. The fourth-order valence-corrected chi connectivity index (χ4v) is 6.65. The van der Waals surface area contributed by atoms with E-state index in [1.165, 1.54) is 6.42 Å². The van der Waals surface area contributed by atoms with Gasteiger partial charge < -0.3 is 14.8 Å². The van der Waals surface area contributed by atoms with E-state index in [0.29, 0.717) is 34.5 Å². The first-order chi connectivity index (χ1) is 16.5. The highest BCUT2D eigenvalue weighted by molar-refractivity contribution is 6.43. The third kappa shape index (κ3) is 4.22. The number of amides is 1. The largest absolute Gasteiger partial charge is 0.497 e. The van der Waals surface area contributed by atoms with Crippen molar-refractivity contribution in [2.75, 3.05) is 14.2 Å². The van der Waals surface area contributed by atoms with Crippen LogP contribution < -0.4 is 14.8 Å². The zero-order valence-corrected chi connectivity index (χ0v) is 19.7. The molecule has 6 nitrogen and oxygen atoms in total. The molecule has 4 saturated carbocycles. The second-order valence-electron chi connectivity index (χ2n) is 10.1. The van der Waals surface area contributed by atoms with E-state index in [1.54, 1.807) is 62.8 Å². The summed E-state index contributed by atoms with van der Waals surface area (Å²) >= 11 is 0. The molecular weight excluding hydrogens is 430 g/mol. The molecule has 0 radical (unpaired) electrons. The van der Waals surface area contributed by atoms with Gasteiger partial charge in [-0.1, -0.05) is 12.1 Å². The summed E-state index contributed by atoms with van der Waals surface area (Å²) in [5.74, 6) is 0.696. The van der Waals surface area contributed by atoms with Crippen molar-refractivity contribution in [1.29, 1.82) is 0 Å². The standard InChI is InChI=1S/C28H31NO5/c1-33-22-7-3-18(4-8-22)24(26(30)19-5-9-23(34-2)10-6-19)27(31)28(32)29-25-20-12-16-11-17(14-20)15-21(25)13-16/h3-10,16-17,20-21,24-25H,11-15H2,1-2H3,(H,29,32). The monoisotopic (exact) mass is 461 g/mol. The van der Waals surface area contributed by atoms with Crippen molar-refractivity contribution in [2.45, 2.75) is 44.1 Å². The van der Waals surface area contributed by atoms with Crippen molar-refractivity contribution in [3.05, 3.63) is 59.7 Å². The molecular formula is C28H31NO5. The third-order valence-corrected chi connectivity index (χ3v) is 8.10. The van der Waals surface area contributed by atoms with Crippen LogP contribution in [0.25, 0.3) is 0 Å². The second kappa shape index (κ2) is 9.24. The lowest BCUT2D eigenvalue weighted by molar-refractivity contribution is -0.140. The lowest BCUT2D eigenvalue weighted by atomic mass is 9.54. The first-order valence-electron chi connectivity index (χ1n) is 12.1. The van der Waals surface area contributed by atoms with Crippen molar-refractivity contribution in [3.8, 4) is 11.5 Å². The molecule has 1 amide bonds. The maximum Gasteiger partial charge on any atom is 0.288 e. The first-order valence-corrected chi connectivity index (χ1v) is 12.1. The maximum absolute atomic E-state index is 13.5. The quantitative estimate of drug-likeness (QED) is 0.362. The van der Waals surface area contributed by atoms with Gasteiger partial charge >= 0.3 is 0 Å². The van der Waals surface area contributed by atoms with Gasteiger partial charge in [0.15, 0.2) is 5.78 Å². The topological polar surface area (TPSA) is 81.7 Å². The number of carbonyl (C=O) groups is 3. The SMILES string of the molecule is COc1ccc(C(=O)C(C(=O)C(=O)NC2C3CC4CC(C3)CC2C4)c2ccc(OC)cc2)cc1. The Bertz CT molecular complexity index is 1050. The molecule has 4 aliphatic rings. The smallest absolute Gasteiger partial charge is 0.288 e. The summed E-state index contributed by atoms with van der Waals surface area (Å²) in [5, 5.41) is 3.07. The molecule has 0 heterocycles. The predicted molar refractivity (Wildman–Crippen MR) is 127 cm³/mol. The van der Waals surface area contributed by atoms with E-state index in [0.717, 1.165) is 37.5 Å². The van der Waals surface area contributed by atoms with Crippen molar-refractivity contribution in [2.24, 2.45) is 23.7 Å². The molecule has 0 aliphatic heterocycles. The van der Waals surface area contributed by atoms with Gasteiger partial charge in [0.05, 0.1) is 14.2 Å². The minimum absolute atomic E-state index is 0.0388. The minimum Gasteiger partial charge on any atom is -0.497 e. The summed E-state index contributed by atoms with van der Waals surface area (Å²) in [6, 6.07) is 13.4. The molecule has 0 aromatic heterocycles. The molecule has 1 unspecified atom stereocenters. The molecule has 0 spiro atoms. The number of nitrogens with one attached hydrogen (secondary N) is 1. The lowest BCUT2D eigenvalue weighted by Crippen LogP contribution is -2.57. The molecule has 1 N–H and O–H groups in total. The van der Waals surface area contributed by atoms with Crippen LogP contribution in [0.5, 0.6) is 11.5 Å². The fourth-order valence-electron chi connectivity index (χ4n) is 6.65. The van der Waals surface area contributed by atoms with Crippen LogP contribution in [-0.2, 0) is 9.59 Å². The fraction of sp³-hybridized carbons (Fsp3) is 0.464. The van der Waals surface area contributed by atoms with E-state index >= 15 is 0 Å². The predicted octanol–water partition coefficient (Wildman–Crippen LogP) is 4.18. The summed E-state index contributed by atoms with van der Waals surface area (Å²) in [7, 11) is 3.10. The molecule has 0 saturated heterocycles. The molecule has 34 heavy (non-hydrogen) atoms. The molecule has 6 rings (SSSR count). The third-order valence-electron chi connectivity index (χ3n) is 8.10. The molecule has 6 heteroatoms. The van der Waals surface area contributed by atoms with Crippen molar-refractivity contribution < 1.29 is 23.9 Å². The van der Waals surface area contributed by atoms with E-state index in [2.05, 4.69) is 5.32 Å². The highest BCUT2D eigenvalue weighted by Gasteiger charge is 2.49. The molecule has 4 bridgehead atoms. The average Bonchev–Trinajstić information content (AvgIpc) is 2.86. The number of Topliss-reactive ketones (excluding diaryl/α,β-unsaturated/α-hetero) is 2. The second-order valence-corrected chi connectivity index (χ2v) is 10.1. The minimum atomic E-state index is -1.21. The van der Waals surface area contributed by atoms with Gasteiger partial charge in [0.2, 0.25) is 5.78 Å². The zero-order chi connectivity index (χ0) is 23.8. The van der Waals surface area contributed by atoms with E-state index in [9.17, 15) is 14.4 Å². The Morgan fingerprint density at radius 1 is 0.765 bits per heavy atom. The van der Waals surface area contributed by atoms with Gasteiger partial charge in [0.25, 0.3) is 5.91 Å². The molecule has 2 aromatic rings. The molecule has 2 aromatic carbocycles. The first kappa shape index (κ1) is 22.6. The van der Waals surface area contributed by atoms with E-state index in [1.807, 2.05) is 0 Å². The van der Waals surface area contributed by atoms with Crippen molar-refractivity contribution in [3.63, 3.8) is 0 Å². The number of ether oxygens (including phenoxy) is 2. The Morgan fingerprint density at radius 3 is 1.76 bits per heavy atom. The number of benzene rings is 2. The summed E-state index contributed by atoms with van der Waals surface area (Å²) < 4.78 is 10.4. The van der Waals surface area contributed by atoms with Crippen LogP contribution in [0.3, 0.4) is 0 Å². The van der Waals surface area contributed by atoms with Gasteiger partial charge in [-0.2, -0.15) is 0 Å².